The minimum Gasteiger partial charge on any atom is -0.370 e. The van der Waals surface area contributed by atoms with E-state index < -0.39 is 15.7 Å². The van der Waals surface area contributed by atoms with Gasteiger partial charge in [0.1, 0.15) is 5.82 Å². The zero-order chi connectivity index (χ0) is 15.2. The summed E-state index contributed by atoms with van der Waals surface area (Å²) in [6, 6.07) is 3.18. The van der Waals surface area contributed by atoms with Crippen LogP contribution < -0.4 is 10.6 Å². The van der Waals surface area contributed by atoms with Crippen molar-refractivity contribution in [3.8, 4) is 0 Å². The molecule has 2 rings (SSSR count). The summed E-state index contributed by atoms with van der Waals surface area (Å²) in [5.74, 6) is 2.20. The van der Waals surface area contributed by atoms with Gasteiger partial charge in [0.25, 0.3) is 0 Å². The molecule has 0 aromatic carbocycles. The van der Waals surface area contributed by atoms with E-state index in [0.717, 1.165) is 25.8 Å². The van der Waals surface area contributed by atoms with Gasteiger partial charge in [-0.05, 0) is 25.3 Å². The smallest absolute Gasteiger partial charge is 0.311 e. The molecule has 0 unspecified atom stereocenters. The number of hydrogen-bond acceptors (Lipinski definition) is 6. The zero-order valence-corrected chi connectivity index (χ0v) is 12.8. The topological polar surface area (TPSA) is 97.2 Å². The molecule has 2 heterocycles. The predicted octanol–water partition coefficient (Wildman–Crippen LogP) is 2.13. The van der Waals surface area contributed by atoms with E-state index in [0.29, 0.717) is 23.1 Å². The monoisotopic (exact) mass is 312 g/mol. The van der Waals surface area contributed by atoms with Gasteiger partial charge in [0.2, 0.25) is 5.82 Å². The number of nitrogens with zero attached hydrogens (tertiary/aromatic N) is 2. The fourth-order valence-electron chi connectivity index (χ4n) is 2.19. The molecular weight excluding hydrogens is 292 g/mol. The molecule has 1 fully saturated rings. The van der Waals surface area contributed by atoms with E-state index in [9.17, 15) is 14.3 Å². The van der Waals surface area contributed by atoms with Crippen LogP contribution in [0.15, 0.2) is 12.1 Å². The molecule has 116 valence electrons. The maximum atomic E-state index is 11.4. The van der Waals surface area contributed by atoms with Crippen molar-refractivity contribution in [3.05, 3.63) is 22.2 Å². The van der Waals surface area contributed by atoms with Gasteiger partial charge in [0.05, 0.1) is 4.92 Å². The van der Waals surface area contributed by atoms with Gasteiger partial charge >= 0.3 is 5.69 Å². The standard InChI is InChI=1S/C13H20N4O3S/c1-2-7-14-12-4-3-11(17(18)19)13(16-12)15-10-5-8-21(20)9-6-10/h3-4,10H,2,5-9H2,1H3,(H2,14,15,16). The highest BCUT2D eigenvalue weighted by molar-refractivity contribution is 7.85. The van der Waals surface area contributed by atoms with Crippen LogP contribution in [0.3, 0.4) is 0 Å². The molecular formula is C13H20N4O3S. The second kappa shape index (κ2) is 7.35. The third-order valence-electron chi connectivity index (χ3n) is 3.36. The number of anilines is 2. The van der Waals surface area contributed by atoms with Crippen LogP contribution >= 0.6 is 0 Å². The Bertz CT molecular complexity index is 528. The average Bonchev–Trinajstić information content (AvgIpc) is 2.47. The Morgan fingerprint density at radius 2 is 2.14 bits per heavy atom. The summed E-state index contributed by atoms with van der Waals surface area (Å²) in [5, 5.41) is 17.4. The highest BCUT2D eigenvalue weighted by Crippen LogP contribution is 2.26. The van der Waals surface area contributed by atoms with Crippen LogP contribution in [0.5, 0.6) is 0 Å². The van der Waals surface area contributed by atoms with Gasteiger partial charge in [-0.15, -0.1) is 0 Å². The van der Waals surface area contributed by atoms with Crippen LogP contribution in [0.1, 0.15) is 26.2 Å². The van der Waals surface area contributed by atoms with Crippen molar-refractivity contribution in [1.29, 1.82) is 0 Å². The summed E-state index contributed by atoms with van der Waals surface area (Å²) in [6.07, 6.45) is 2.45. The largest absolute Gasteiger partial charge is 0.370 e. The Labute approximate surface area is 126 Å². The number of aromatic nitrogens is 1. The number of nitrogens with one attached hydrogen (secondary N) is 2. The van der Waals surface area contributed by atoms with E-state index in [1.54, 1.807) is 6.07 Å². The van der Waals surface area contributed by atoms with Gasteiger partial charge in [0.15, 0.2) is 0 Å². The molecule has 1 aliphatic rings. The van der Waals surface area contributed by atoms with Crippen molar-refractivity contribution in [3.63, 3.8) is 0 Å². The Morgan fingerprint density at radius 1 is 1.43 bits per heavy atom. The van der Waals surface area contributed by atoms with Gasteiger partial charge in [-0.1, -0.05) is 6.92 Å². The van der Waals surface area contributed by atoms with Crippen molar-refractivity contribution in [1.82, 2.24) is 4.98 Å². The molecule has 0 saturated carbocycles. The Balaban J connectivity index is 2.13. The second-order valence-corrected chi connectivity index (χ2v) is 6.71. The molecule has 0 bridgehead atoms. The fraction of sp³-hybridized carbons (Fsp3) is 0.615. The lowest BCUT2D eigenvalue weighted by Gasteiger charge is -2.23. The minimum absolute atomic E-state index is 0.0243. The average molecular weight is 312 g/mol. The predicted molar refractivity (Wildman–Crippen MR) is 84.2 cm³/mol. The molecule has 0 spiro atoms. The molecule has 1 saturated heterocycles. The van der Waals surface area contributed by atoms with Crippen LogP contribution in [0.25, 0.3) is 0 Å². The Morgan fingerprint density at radius 3 is 2.76 bits per heavy atom. The number of hydrogen-bond donors (Lipinski definition) is 2. The first-order valence-corrected chi connectivity index (χ1v) is 8.59. The summed E-state index contributed by atoms with van der Waals surface area (Å²) >= 11 is 0. The highest BCUT2D eigenvalue weighted by atomic mass is 32.2. The van der Waals surface area contributed by atoms with E-state index in [2.05, 4.69) is 15.6 Å². The maximum absolute atomic E-state index is 11.4. The van der Waals surface area contributed by atoms with E-state index in [1.165, 1.54) is 6.07 Å². The zero-order valence-electron chi connectivity index (χ0n) is 12.0. The van der Waals surface area contributed by atoms with Crippen LogP contribution in [-0.2, 0) is 10.8 Å². The normalized spacial score (nSPS) is 21.8. The Kier molecular flexibility index (Phi) is 5.49. The molecule has 0 amide bonds. The summed E-state index contributed by atoms with van der Waals surface area (Å²) in [7, 11) is -0.748. The first-order chi connectivity index (χ1) is 10.1. The highest BCUT2D eigenvalue weighted by Gasteiger charge is 2.22. The molecule has 2 N–H and O–H groups in total. The third kappa shape index (κ3) is 4.38. The maximum Gasteiger partial charge on any atom is 0.311 e. The van der Waals surface area contributed by atoms with Crippen molar-refractivity contribution < 1.29 is 9.13 Å². The summed E-state index contributed by atoms with van der Waals surface area (Å²) < 4.78 is 11.4. The van der Waals surface area contributed by atoms with Crippen molar-refractivity contribution in [2.24, 2.45) is 0 Å². The fourth-order valence-corrected chi connectivity index (χ4v) is 3.49. The van der Waals surface area contributed by atoms with Crippen LogP contribution in [0.4, 0.5) is 17.3 Å². The number of nitro groups is 1. The Hall–Kier alpha value is -1.70. The molecule has 21 heavy (non-hydrogen) atoms. The van der Waals surface area contributed by atoms with Crippen LogP contribution in [-0.4, -0.2) is 38.2 Å². The lowest BCUT2D eigenvalue weighted by Crippen LogP contribution is -2.30. The summed E-state index contributed by atoms with van der Waals surface area (Å²) in [6.45, 7) is 2.81. The lowest BCUT2D eigenvalue weighted by molar-refractivity contribution is -0.384. The van der Waals surface area contributed by atoms with E-state index in [-0.39, 0.29) is 11.7 Å². The second-order valence-electron chi connectivity index (χ2n) is 5.01. The summed E-state index contributed by atoms with van der Waals surface area (Å²) in [5.41, 5.74) is -0.0243. The van der Waals surface area contributed by atoms with Gasteiger partial charge in [-0.2, -0.15) is 0 Å². The molecule has 1 aromatic rings. The van der Waals surface area contributed by atoms with Gasteiger partial charge in [0, 0.05) is 41.0 Å². The quantitative estimate of drug-likeness (QED) is 0.617. The first-order valence-electron chi connectivity index (χ1n) is 7.11. The van der Waals surface area contributed by atoms with E-state index in [4.69, 9.17) is 0 Å². The number of rotatable bonds is 6. The SMILES string of the molecule is CCCNc1ccc([N+](=O)[O-])c(NC2CCS(=O)CC2)n1. The van der Waals surface area contributed by atoms with Crippen molar-refractivity contribution in [2.75, 3.05) is 28.7 Å². The van der Waals surface area contributed by atoms with Gasteiger partial charge < -0.3 is 10.6 Å². The lowest BCUT2D eigenvalue weighted by atomic mass is 10.1. The molecule has 8 heteroatoms. The van der Waals surface area contributed by atoms with Gasteiger partial charge in [-0.3, -0.25) is 14.3 Å². The molecule has 0 aliphatic carbocycles. The summed E-state index contributed by atoms with van der Waals surface area (Å²) in [4.78, 5) is 15.0. The molecule has 1 aromatic heterocycles. The molecule has 0 atom stereocenters. The van der Waals surface area contributed by atoms with Crippen molar-refractivity contribution in [2.45, 2.75) is 32.2 Å². The molecule has 0 radical (unpaired) electrons. The molecule has 1 aliphatic heterocycles. The van der Waals surface area contributed by atoms with Crippen LogP contribution in [0, 0.1) is 10.1 Å². The van der Waals surface area contributed by atoms with E-state index in [1.807, 2.05) is 6.92 Å². The third-order valence-corrected chi connectivity index (χ3v) is 4.74. The van der Waals surface area contributed by atoms with E-state index >= 15 is 0 Å². The van der Waals surface area contributed by atoms with Gasteiger partial charge in [-0.25, -0.2) is 4.98 Å². The van der Waals surface area contributed by atoms with Crippen molar-refractivity contribution >= 4 is 28.1 Å². The molecule has 7 nitrogen and oxygen atoms in total. The first kappa shape index (κ1) is 15.7. The van der Waals surface area contributed by atoms with Crippen LogP contribution in [0.2, 0.25) is 0 Å². The number of pyridine rings is 1. The minimum atomic E-state index is -0.748.